The summed E-state index contributed by atoms with van der Waals surface area (Å²) in [5.41, 5.74) is 0. The highest BCUT2D eigenvalue weighted by molar-refractivity contribution is 6.99. The molecule has 4 rings (SSSR count). The topological polar surface area (TPSA) is 312 Å². The maximum atomic E-state index is 12.8. The van der Waals surface area contributed by atoms with Crippen molar-refractivity contribution in [2.24, 2.45) is 0 Å². The second-order valence-electron chi connectivity index (χ2n) is 18.4. The Labute approximate surface area is 507 Å². The molecule has 4 radical (unpaired) electrons. The summed E-state index contributed by atoms with van der Waals surface area (Å²) in [4.78, 5) is 100. The second-order valence-corrected chi connectivity index (χ2v) is 42.3. The van der Waals surface area contributed by atoms with Crippen LogP contribution in [0.15, 0.2) is 101 Å². The van der Waals surface area contributed by atoms with Gasteiger partial charge >= 0.3 is 113 Å². The maximum absolute atomic E-state index is 12.8. The number of hydrogen-bond donors (Lipinski definition) is 0. The number of ketones is 1. The Kier molecular flexibility index (Phi) is 31.4. The summed E-state index contributed by atoms with van der Waals surface area (Å²) >= 11 is 0. The molecule has 27 nitrogen and oxygen atoms in total. The summed E-state index contributed by atoms with van der Waals surface area (Å²) < 4.78 is 127. The molecular weight excluding hydrogens is 1270 g/mol. The Morgan fingerprint density at radius 3 is 0.918 bits per heavy atom. The molecule has 7 atom stereocenters. The molecule has 36 heteroatoms. The fraction of sp³-hybridized carbons (Fsp3) is 0.510. The smallest absolute Gasteiger partial charge is 0.463 e. The van der Waals surface area contributed by atoms with E-state index in [1.165, 1.54) is 6.08 Å². The number of unbranched alkanes of at least 4 members (excludes halogenated alkanes) is 1. The van der Waals surface area contributed by atoms with Crippen LogP contribution in [0.2, 0.25) is 48.4 Å². The van der Waals surface area contributed by atoms with Gasteiger partial charge < -0.3 is 82.5 Å². The molecule has 85 heavy (non-hydrogen) atoms. The van der Waals surface area contributed by atoms with E-state index in [0.717, 1.165) is 42.5 Å². The highest BCUT2D eigenvalue weighted by Gasteiger charge is 2.78. The Morgan fingerprint density at radius 2 is 0.600 bits per heavy atom. The molecular formula is C49H74O27Si9. The fourth-order valence-electron chi connectivity index (χ4n) is 8.19. The van der Waals surface area contributed by atoms with E-state index in [1.807, 2.05) is 0 Å². The van der Waals surface area contributed by atoms with Crippen molar-refractivity contribution < 1.29 is 121 Å². The van der Waals surface area contributed by atoms with Gasteiger partial charge in [0.15, 0.2) is 5.78 Å². The predicted octanol–water partition coefficient (Wildman–Crippen LogP) is 5.14. The van der Waals surface area contributed by atoms with E-state index in [0.29, 0.717) is 0 Å². The van der Waals surface area contributed by atoms with Crippen LogP contribution in [0, 0.1) is 0 Å². The van der Waals surface area contributed by atoms with Gasteiger partial charge in [-0.05, 0) is 69.9 Å². The van der Waals surface area contributed by atoms with Crippen LogP contribution in [-0.2, 0) is 121 Å². The van der Waals surface area contributed by atoms with E-state index in [-0.39, 0.29) is 165 Å². The number of allylic oxidation sites excluding steroid dienone is 1. The Morgan fingerprint density at radius 1 is 0.329 bits per heavy atom. The predicted molar refractivity (Wildman–Crippen MR) is 313 cm³/mol. The molecule has 0 aliphatic carbocycles. The minimum atomic E-state index is -4.92. The van der Waals surface area contributed by atoms with Crippen LogP contribution in [0.1, 0.15) is 64.2 Å². The van der Waals surface area contributed by atoms with Gasteiger partial charge in [0.1, 0.15) is 0 Å². The number of fused-ring (bicyclic) bond motifs is 4. The summed E-state index contributed by atoms with van der Waals surface area (Å²) in [5.74, 6) is -5.34. The van der Waals surface area contributed by atoms with Crippen LogP contribution in [0.4, 0.5) is 0 Å². The molecule has 0 spiro atoms. The monoisotopic (exact) mass is 1350 g/mol. The molecule has 7 unspecified atom stereocenters. The molecule has 6 bridgehead atoms. The van der Waals surface area contributed by atoms with Gasteiger partial charge in [0, 0.05) is 91.3 Å². The van der Waals surface area contributed by atoms with Crippen molar-refractivity contribution in [1.82, 2.24) is 0 Å². The largest absolute Gasteiger partial charge is 0.479 e. The number of esters is 7. The van der Waals surface area contributed by atoms with Gasteiger partial charge in [-0.1, -0.05) is 52.6 Å². The minimum Gasteiger partial charge on any atom is -0.463 e. The number of ether oxygens (including phenoxy) is 7. The van der Waals surface area contributed by atoms with E-state index in [9.17, 15) is 38.4 Å². The highest BCUT2D eigenvalue weighted by Crippen LogP contribution is 2.50. The first-order chi connectivity index (χ1) is 40.7. The molecule has 0 amide bonds. The van der Waals surface area contributed by atoms with E-state index in [2.05, 4.69) is 52.6 Å². The van der Waals surface area contributed by atoms with Crippen LogP contribution in [0.25, 0.3) is 0 Å². The number of carbonyl (C=O) groups excluding carboxylic acids is 8. The molecule has 4 aliphatic rings. The lowest BCUT2D eigenvalue weighted by atomic mass is 10.2. The molecule has 0 N–H and O–H groups in total. The van der Waals surface area contributed by atoms with Gasteiger partial charge in [-0.25, -0.2) is 33.6 Å². The first-order valence-corrected chi connectivity index (χ1v) is 42.7. The number of rotatable bonds is 43. The standard InChI is InChI=1S/C49H74O27Si9/c1-9-42(50)26-17-18-35-82-68-79(36-20-28-59-44(52)11-3,65-77-34-19-27-58-43(51)10-2)69-83(39-23-31-62-47(55)14-6)71-81(38-22-30-61-46(54)13-5)67-78-66-80(70-82,37-21-29-60-45(53)12-4)72-84(73-81,40-24-32-63-48(56)15-7)76-85(74-82,75-83)41-25-33-64-49(57)16-8/h9-16H,1-8,17-41H2. The van der Waals surface area contributed by atoms with Gasteiger partial charge in [-0.2, -0.15) is 0 Å². The van der Waals surface area contributed by atoms with Crippen LogP contribution >= 0.6 is 0 Å². The number of hydrogen-bond acceptors (Lipinski definition) is 27. The third-order valence-electron chi connectivity index (χ3n) is 11.9. The first-order valence-electron chi connectivity index (χ1n) is 27.2. The van der Waals surface area contributed by atoms with Crippen molar-refractivity contribution in [3.8, 4) is 0 Å². The second kappa shape index (κ2) is 36.6. The zero-order valence-electron chi connectivity index (χ0n) is 47.5. The van der Waals surface area contributed by atoms with E-state index < -0.39 is 123 Å². The van der Waals surface area contributed by atoms with Gasteiger partial charge in [0.05, 0.1) is 46.2 Å². The average Bonchev–Trinajstić information content (AvgIpc) is 0.924. The van der Waals surface area contributed by atoms with Crippen LogP contribution < -0.4 is 0 Å². The lowest BCUT2D eigenvalue weighted by Crippen LogP contribution is -2.83. The summed E-state index contributed by atoms with van der Waals surface area (Å²) in [5, 5.41) is 0. The summed E-state index contributed by atoms with van der Waals surface area (Å²) in [6, 6.07) is -1.11. The van der Waals surface area contributed by atoms with Crippen molar-refractivity contribution in [3.63, 3.8) is 0 Å². The Balaban J connectivity index is 2.19. The van der Waals surface area contributed by atoms with E-state index in [1.54, 1.807) is 0 Å². The molecule has 4 heterocycles. The molecule has 4 aliphatic heterocycles. The minimum absolute atomic E-state index is 0.00597. The van der Waals surface area contributed by atoms with Crippen molar-refractivity contribution in [1.29, 1.82) is 0 Å². The molecule has 468 valence electrons. The van der Waals surface area contributed by atoms with Crippen LogP contribution in [0.5, 0.6) is 0 Å². The fourth-order valence-corrected chi connectivity index (χ4v) is 52.5. The zero-order valence-corrected chi connectivity index (χ0v) is 56.5. The van der Waals surface area contributed by atoms with Gasteiger partial charge in [0.2, 0.25) is 9.76 Å². The summed E-state index contributed by atoms with van der Waals surface area (Å²) in [7, 11) is -35.1. The third kappa shape index (κ3) is 24.4. The lowest BCUT2D eigenvalue weighted by molar-refractivity contribution is -0.138. The maximum Gasteiger partial charge on any atom is 0.479 e. The first kappa shape index (κ1) is 72.8. The SMILES string of the molecule is C=CC(=O)CCCC[Si]12O[Si](CCCOC(=O)C=C)(O[Si]CCCOC(=O)C=C)O[Si]3(CCCOC(=O)C=C)O[Si]4(CCCOC(=O)C=C)O[Si]O[Si](CCCOC(=O)C=C)(O1)O[Si](CCCOC(=O)C=C)(O4)O[Si](CCCOC(=O)C=C)(O2)O3. The highest BCUT2D eigenvalue weighted by atomic mass is 28.6. The van der Waals surface area contributed by atoms with Gasteiger partial charge in [-0.3, -0.25) is 4.79 Å². The Bertz CT molecular complexity index is 2310. The lowest BCUT2D eigenvalue weighted by Gasteiger charge is -2.59. The van der Waals surface area contributed by atoms with Gasteiger partial charge in [-0.15, -0.1) is 0 Å². The van der Waals surface area contributed by atoms with E-state index >= 15 is 0 Å². The molecule has 0 saturated carbocycles. The van der Waals surface area contributed by atoms with Crippen molar-refractivity contribution >= 4 is 129 Å². The van der Waals surface area contributed by atoms with Crippen LogP contribution in [0.3, 0.4) is 0 Å². The molecule has 0 aromatic carbocycles. The summed E-state index contributed by atoms with van der Waals surface area (Å²) in [6.45, 7) is 26.7. The molecule has 0 aromatic heterocycles. The third-order valence-corrected chi connectivity index (χ3v) is 46.6. The zero-order chi connectivity index (χ0) is 62.3. The van der Waals surface area contributed by atoms with Gasteiger partial charge in [0.25, 0.3) is 0 Å². The van der Waals surface area contributed by atoms with Crippen molar-refractivity contribution in [3.05, 3.63) is 101 Å². The van der Waals surface area contributed by atoms with E-state index in [4.69, 9.17) is 82.5 Å². The normalized spacial score (nSPS) is 26.5. The molecule has 4 saturated heterocycles. The Hall–Kier alpha value is -4.65. The quantitative estimate of drug-likeness (QED) is 0.0251. The summed E-state index contributed by atoms with van der Waals surface area (Å²) in [6.07, 6.45) is 8.72. The van der Waals surface area contributed by atoms with Crippen LogP contribution in [-0.4, -0.2) is 175 Å². The molecule has 0 aromatic rings. The molecule has 4 fully saturated rings. The average molecular weight is 1350 g/mol. The number of carbonyl (C=O) groups is 8. The van der Waals surface area contributed by atoms with Crippen molar-refractivity contribution in [2.45, 2.75) is 113 Å². The van der Waals surface area contributed by atoms with Crippen molar-refractivity contribution in [2.75, 3.05) is 46.2 Å².